The number of hydrogen-bond acceptors (Lipinski definition) is 2. The zero-order valence-corrected chi connectivity index (χ0v) is 15.7. The minimum Gasteiger partial charge on any atom is -0.352 e. The smallest absolute Gasteiger partial charge is 0.239 e. The van der Waals surface area contributed by atoms with Crippen molar-refractivity contribution in [3.63, 3.8) is 0 Å². The number of carbonyl (C=O) groups excluding carboxylic acids is 2. The molecule has 132 valence electrons. The Balaban J connectivity index is 1.52. The molecule has 0 aromatic heterocycles. The molecule has 1 saturated carbocycles. The highest BCUT2D eigenvalue weighted by Crippen LogP contribution is 2.17. The van der Waals surface area contributed by atoms with Crippen LogP contribution in [0, 0.1) is 0 Å². The Hall–Kier alpha value is -1.36. The molecule has 1 aliphatic rings. The lowest BCUT2D eigenvalue weighted by Crippen LogP contribution is -2.42. The van der Waals surface area contributed by atoms with Crippen molar-refractivity contribution in [3.05, 3.63) is 34.3 Å². The zero-order valence-electron chi connectivity index (χ0n) is 14.2. The first-order chi connectivity index (χ1) is 11.6. The van der Waals surface area contributed by atoms with Crippen molar-refractivity contribution in [2.24, 2.45) is 0 Å². The molecule has 0 atom stereocenters. The maximum atomic E-state index is 11.8. The number of hydrogen-bond donors (Lipinski definition) is 2. The Morgan fingerprint density at radius 3 is 2.42 bits per heavy atom. The average Bonchev–Trinajstić information content (AvgIpc) is 2.59. The first-order valence-corrected chi connectivity index (χ1v) is 9.73. The molecule has 0 radical (unpaired) electrons. The molecule has 1 aromatic rings. The third kappa shape index (κ3) is 7.47. The van der Waals surface area contributed by atoms with E-state index >= 15 is 0 Å². The quantitative estimate of drug-likeness (QED) is 0.659. The molecule has 1 aromatic carbocycles. The topological polar surface area (TPSA) is 58.2 Å². The van der Waals surface area contributed by atoms with Crippen LogP contribution in [0.4, 0.5) is 0 Å². The van der Waals surface area contributed by atoms with Crippen LogP contribution in [0.5, 0.6) is 0 Å². The number of benzene rings is 1. The maximum absolute atomic E-state index is 11.8. The van der Waals surface area contributed by atoms with Crippen molar-refractivity contribution >= 4 is 27.7 Å². The van der Waals surface area contributed by atoms with Gasteiger partial charge in [0.15, 0.2) is 0 Å². The summed E-state index contributed by atoms with van der Waals surface area (Å²) in [6.07, 6.45) is 9.05. The zero-order chi connectivity index (χ0) is 17.2. The van der Waals surface area contributed by atoms with Crippen LogP contribution in [0.15, 0.2) is 28.7 Å². The summed E-state index contributed by atoms with van der Waals surface area (Å²) in [6, 6.07) is 8.56. The van der Waals surface area contributed by atoms with Gasteiger partial charge in [-0.3, -0.25) is 9.59 Å². The second kappa shape index (κ2) is 10.5. The molecule has 0 heterocycles. The number of rotatable bonds is 8. The van der Waals surface area contributed by atoms with Gasteiger partial charge in [-0.25, -0.2) is 0 Å². The number of aryl methyl sites for hydroxylation is 1. The molecule has 0 unspecified atom stereocenters. The van der Waals surface area contributed by atoms with Crippen LogP contribution in [-0.2, 0) is 16.0 Å². The van der Waals surface area contributed by atoms with Crippen LogP contribution >= 0.6 is 15.9 Å². The summed E-state index contributed by atoms with van der Waals surface area (Å²) in [7, 11) is 0. The Bertz CT molecular complexity index is 525. The number of unbranched alkanes of at least 4 members (excludes halogenated alkanes) is 1. The highest BCUT2D eigenvalue weighted by Gasteiger charge is 2.15. The molecule has 1 aliphatic carbocycles. The molecule has 4 nitrogen and oxygen atoms in total. The van der Waals surface area contributed by atoms with E-state index in [0.29, 0.717) is 12.5 Å². The van der Waals surface area contributed by atoms with E-state index in [1.165, 1.54) is 24.8 Å². The molecule has 2 amide bonds. The van der Waals surface area contributed by atoms with Crippen molar-refractivity contribution in [2.75, 3.05) is 6.54 Å². The van der Waals surface area contributed by atoms with E-state index in [-0.39, 0.29) is 18.4 Å². The standard InChI is InChI=1S/C19H27BrN2O2/c20-16-12-10-15(11-13-16)6-4-5-9-18(23)21-14-19(24)22-17-7-2-1-3-8-17/h10-13,17H,1-9,14H2,(H,21,23)(H,22,24). The van der Waals surface area contributed by atoms with Gasteiger partial charge < -0.3 is 10.6 Å². The highest BCUT2D eigenvalue weighted by molar-refractivity contribution is 9.10. The molecule has 0 bridgehead atoms. The highest BCUT2D eigenvalue weighted by atomic mass is 79.9. The predicted octanol–water partition coefficient (Wildman–Crippen LogP) is 3.73. The van der Waals surface area contributed by atoms with E-state index in [1.807, 2.05) is 12.1 Å². The fourth-order valence-electron chi connectivity index (χ4n) is 3.06. The summed E-state index contributed by atoms with van der Waals surface area (Å²) in [5.74, 6) is -0.102. The van der Waals surface area contributed by atoms with E-state index in [4.69, 9.17) is 0 Å². The lowest BCUT2D eigenvalue weighted by atomic mass is 9.95. The van der Waals surface area contributed by atoms with Crippen LogP contribution < -0.4 is 10.6 Å². The molecule has 24 heavy (non-hydrogen) atoms. The minimum absolute atomic E-state index is 0.0374. The van der Waals surface area contributed by atoms with Crippen molar-refractivity contribution in [2.45, 2.75) is 63.8 Å². The van der Waals surface area contributed by atoms with Gasteiger partial charge in [0.1, 0.15) is 0 Å². The van der Waals surface area contributed by atoms with Gasteiger partial charge in [-0.05, 0) is 49.8 Å². The third-order valence-electron chi connectivity index (χ3n) is 4.45. The number of nitrogens with one attached hydrogen (secondary N) is 2. The minimum atomic E-state index is -0.0647. The summed E-state index contributed by atoms with van der Waals surface area (Å²) in [5, 5.41) is 5.73. The molecule has 0 saturated heterocycles. The van der Waals surface area contributed by atoms with Gasteiger partial charge in [-0.15, -0.1) is 0 Å². The van der Waals surface area contributed by atoms with Crippen LogP contribution in [0.2, 0.25) is 0 Å². The monoisotopic (exact) mass is 394 g/mol. The average molecular weight is 395 g/mol. The Morgan fingerprint density at radius 2 is 1.71 bits per heavy atom. The van der Waals surface area contributed by atoms with Gasteiger partial charge in [-0.2, -0.15) is 0 Å². The molecular weight excluding hydrogens is 368 g/mol. The Labute approximate surface area is 152 Å². The Morgan fingerprint density at radius 1 is 1.00 bits per heavy atom. The summed E-state index contributed by atoms with van der Waals surface area (Å²) in [4.78, 5) is 23.6. The lowest BCUT2D eigenvalue weighted by molar-refractivity contribution is -0.126. The fraction of sp³-hybridized carbons (Fsp3) is 0.579. The van der Waals surface area contributed by atoms with Crippen molar-refractivity contribution in [1.29, 1.82) is 0 Å². The Kier molecular flexibility index (Phi) is 8.29. The van der Waals surface area contributed by atoms with E-state index in [2.05, 4.69) is 38.7 Å². The third-order valence-corrected chi connectivity index (χ3v) is 4.98. The second-order valence-electron chi connectivity index (χ2n) is 6.51. The predicted molar refractivity (Wildman–Crippen MR) is 99.7 cm³/mol. The molecular formula is C19H27BrN2O2. The fourth-order valence-corrected chi connectivity index (χ4v) is 3.32. The molecule has 0 spiro atoms. The molecule has 5 heteroatoms. The molecule has 2 rings (SSSR count). The first kappa shape index (κ1) is 19.0. The van der Waals surface area contributed by atoms with Gasteiger partial charge in [0.2, 0.25) is 11.8 Å². The van der Waals surface area contributed by atoms with Gasteiger partial charge in [0.05, 0.1) is 6.54 Å². The van der Waals surface area contributed by atoms with Gasteiger partial charge in [0, 0.05) is 16.9 Å². The number of carbonyl (C=O) groups is 2. The normalized spacial score (nSPS) is 15.0. The van der Waals surface area contributed by atoms with Crippen molar-refractivity contribution in [1.82, 2.24) is 10.6 Å². The number of amides is 2. The van der Waals surface area contributed by atoms with Crippen LogP contribution in [-0.4, -0.2) is 24.4 Å². The van der Waals surface area contributed by atoms with Crippen LogP contribution in [0.3, 0.4) is 0 Å². The summed E-state index contributed by atoms with van der Waals surface area (Å²) in [6.45, 7) is 0.0993. The maximum Gasteiger partial charge on any atom is 0.239 e. The summed E-state index contributed by atoms with van der Waals surface area (Å²) < 4.78 is 1.08. The summed E-state index contributed by atoms with van der Waals surface area (Å²) >= 11 is 3.42. The van der Waals surface area contributed by atoms with E-state index in [0.717, 1.165) is 36.6 Å². The van der Waals surface area contributed by atoms with Crippen molar-refractivity contribution < 1.29 is 9.59 Å². The van der Waals surface area contributed by atoms with Gasteiger partial charge in [-0.1, -0.05) is 47.3 Å². The van der Waals surface area contributed by atoms with Gasteiger partial charge in [0.25, 0.3) is 0 Å². The summed E-state index contributed by atoms with van der Waals surface area (Å²) in [5.41, 5.74) is 1.28. The lowest BCUT2D eigenvalue weighted by Gasteiger charge is -2.22. The van der Waals surface area contributed by atoms with Crippen LogP contribution in [0.25, 0.3) is 0 Å². The molecule has 2 N–H and O–H groups in total. The second-order valence-corrected chi connectivity index (χ2v) is 7.43. The van der Waals surface area contributed by atoms with Crippen LogP contribution in [0.1, 0.15) is 56.9 Å². The van der Waals surface area contributed by atoms with Crippen molar-refractivity contribution in [3.8, 4) is 0 Å². The van der Waals surface area contributed by atoms with E-state index in [9.17, 15) is 9.59 Å². The molecule has 0 aliphatic heterocycles. The SMILES string of the molecule is O=C(CCCCc1ccc(Br)cc1)NCC(=O)NC1CCCCC1. The molecule has 1 fully saturated rings. The number of halogens is 1. The van der Waals surface area contributed by atoms with Gasteiger partial charge >= 0.3 is 0 Å². The largest absolute Gasteiger partial charge is 0.352 e. The first-order valence-electron chi connectivity index (χ1n) is 8.94. The van der Waals surface area contributed by atoms with E-state index in [1.54, 1.807) is 0 Å². The van der Waals surface area contributed by atoms with E-state index < -0.39 is 0 Å².